The maximum absolute atomic E-state index is 13.1. The molecule has 0 saturated carbocycles. The molecule has 29 heavy (non-hydrogen) atoms. The molecule has 0 fully saturated rings. The predicted octanol–water partition coefficient (Wildman–Crippen LogP) is 6.58. The largest absolute Gasteiger partial charge is 0.490 e. The van der Waals surface area contributed by atoms with E-state index >= 15 is 0 Å². The van der Waals surface area contributed by atoms with E-state index < -0.39 is 0 Å². The molecule has 0 amide bonds. The van der Waals surface area contributed by atoms with E-state index in [0.29, 0.717) is 16.9 Å². The van der Waals surface area contributed by atoms with Crippen molar-refractivity contribution in [1.82, 2.24) is 0 Å². The van der Waals surface area contributed by atoms with Gasteiger partial charge in [-0.1, -0.05) is 73.2 Å². The summed E-state index contributed by atoms with van der Waals surface area (Å²) in [6.45, 7) is 6.31. The van der Waals surface area contributed by atoms with Crippen LogP contribution in [0.25, 0.3) is 0 Å². The minimum atomic E-state index is 0.0165. The molecule has 0 spiro atoms. The lowest BCUT2D eigenvalue weighted by atomic mass is 9.99. The standard InChI is InChI=1S/C27H30O2/c1-4-22-16-17-26(25(19-22)27(28)24-14-6-5-7-15-24)29-21(3)11-9-13-23-12-8-10-20(2)18-23/h5-8,10,12,14-19,21H,4,9,11,13H2,1-3H3. The van der Waals surface area contributed by atoms with E-state index in [-0.39, 0.29) is 11.9 Å². The van der Waals surface area contributed by atoms with Crippen molar-refractivity contribution in [2.45, 2.75) is 52.6 Å². The Kier molecular flexibility index (Phi) is 7.24. The summed E-state index contributed by atoms with van der Waals surface area (Å²) in [5.74, 6) is 0.696. The fraction of sp³-hybridized carbons (Fsp3) is 0.296. The summed E-state index contributed by atoms with van der Waals surface area (Å²) in [7, 11) is 0. The van der Waals surface area contributed by atoms with Gasteiger partial charge in [0.2, 0.25) is 0 Å². The van der Waals surface area contributed by atoms with Gasteiger partial charge in [-0.3, -0.25) is 4.79 Å². The molecule has 3 aromatic rings. The number of hydrogen-bond donors (Lipinski definition) is 0. The Labute approximate surface area is 174 Å². The van der Waals surface area contributed by atoms with Gasteiger partial charge < -0.3 is 4.74 Å². The number of benzene rings is 3. The van der Waals surface area contributed by atoms with Crippen molar-refractivity contribution < 1.29 is 9.53 Å². The zero-order valence-corrected chi connectivity index (χ0v) is 17.7. The molecule has 0 aliphatic heterocycles. The van der Waals surface area contributed by atoms with Crippen LogP contribution in [0.2, 0.25) is 0 Å². The Morgan fingerprint density at radius 1 is 0.931 bits per heavy atom. The molecular formula is C27H30O2. The first kappa shape index (κ1) is 20.9. The van der Waals surface area contributed by atoms with Crippen molar-refractivity contribution in [3.63, 3.8) is 0 Å². The number of aryl methyl sites for hydroxylation is 3. The Morgan fingerprint density at radius 3 is 2.45 bits per heavy atom. The van der Waals surface area contributed by atoms with Crippen LogP contribution in [0, 0.1) is 6.92 Å². The van der Waals surface area contributed by atoms with Crippen molar-refractivity contribution in [1.29, 1.82) is 0 Å². The van der Waals surface area contributed by atoms with E-state index in [9.17, 15) is 4.79 Å². The quantitative estimate of drug-likeness (QED) is 0.388. The highest BCUT2D eigenvalue weighted by molar-refractivity contribution is 6.10. The maximum Gasteiger partial charge on any atom is 0.196 e. The number of carbonyl (C=O) groups excluding carboxylic acids is 1. The van der Waals surface area contributed by atoms with Crippen LogP contribution in [0.4, 0.5) is 0 Å². The molecule has 0 N–H and O–H groups in total. The van der Waals surface area contributed by atoms with Gasteiger partial charge in [0, 0.05) is 5.56 Å². The Morgan fingerprint density at radius 2 is 1.72 bits per heavy atom. The molecule has 0 heterocycles. The van der Waals surface area contributed by atoms with Crippen LogP contribution in [0.1, 0.15) is 59.3 Å². The molecule has 0 aromatic heterocycles. The molecule has 1 atom stereocenters. The van der Waals surface area contributed by atoms with Gasteiger partial charge in [0.25, 0.3) is 0 Å². The Hall–Kier alpha value is -2.87. The SMILES string of the molecule is CCc1ccc(OC(C)CCCc2cccc(C)c2)c(C(=O)c2ccccc2)c1. The highest BCUT2D eigenvalue weighted by Gasteiger charge is 2.17. The molecule has 1 unspecified atom stereocenters. The van der Waals surface area contributed by atoms with Crippen molar-refractivity contribution in [3.8, 4) is 5.75 Å². The van der Waals surface area contributed by atoms with Crippen LogP contribution < -0.4 is 4.74 Å². The van der Waals surface area contributed by atoms with Crippen LogP contribution >= 0.6 is 0 Å². The molecule has 0 saturated heterocycles. The second-order valence-corrected chi connectivity index (χ2v) is 7.69. The van der Waals surface area contributed by atoms with Crippen LogP contribution in [-0.2, 0) is 12.8 Å². The van der Waals surface area contributed by atoms with Crippen LogP contribution in [0.3, 0.4) is 0 Å². The maximum atomic E-state index is 13.1. The van der Waals surface area contributed by atoms with Crippen molar-refractivity contribution >= 4 is 5.78 Å². The topological polar surface area (TPSA) is 26.3 Å². The van der Waals surface area contributed by atoms with Crippen LogP contribution in [0.15, 0.2) is 72.8 Å². The molecule has 2 heteroatoms. The molecule has 2 nitrogen and oxygen atoms in total. The smallest absolute Gasteiger partial charge is 0.196 e. The summed E-state index contributed by atoms with van der Waals surface area (Å²) in [6.07, 6.45) is 3.98. The van der Waals surface area contributed by atoms with Gasteiger partial charge in [-0.05, 0) is 62.8 Å². The minimum Gasteiger partial charge on any atom is -0.490 e. The number of rotatable bonds is 9. The molecule has 0 aliphatic rings. The lowest BCUT2D eigenvalue weighted by molar-refractivity contribution is 0.103. The number of ether oxygens (including phenoxy) is 1. The second kappa shape index (κ2) is 10.1. The average Bonchev–Trinajstić information content (AvgIpc) is 2.74. The van der Waals surface area contributed by atoms with E-state index in [4.69, 9.17) is 4.74 Å². The summed E-state index contributed by atoms with van der Waals surface area (Å²) in [4.78, 5) is 13.1. The fourth-order valence-electron chi connectivity index (χ4n) is 3.56. The lowest BCUT2D eigenvalue weighted by Crippen LogP contribution is -2.15. The van der Waals surface area contributed by atoms with Gasteiger partial charge in [-0.15, -0.1) is 0 Å². The highest BCUT2D eigenvalue weighted by atomic mass is 16.5. The third-order valence-electron chi connectivity index (χ3n) is 5.22. The van der Waals surface area contributed by atoms with E-state index in [0.717, 1.165) is 31.2 Å². The first-order valence-electron chi connectivity index (χ1n) is 10.5. The molecule has 0 radical (unpaired) electrons. The zero-order valence-electron chi connectivity index (χ0n) is 17.7. The van der Waals surface area contributed by atoms with Crippen LogP contribution in [0.5, 0.6) is 5.75 Å². The third-order valence-corrected chi connectivity index (χ3v) is 5.22. The molecule has 0 bridgehead atoms. The van der Waals surface area contributed by atoms with E-state index in [2.05, 4.69) is 51.1 Å². The summed E-state index contributed by atoms with van der Waals surface area (Å²) in [5.41, 5.74) is 5.15. The van der Waals surface area contributed by atoms with Gasteiger partial charge >= 0.3 is 0 Å². The second-order valence-electron chi connectivity index (χ2n) is 7.69. The number of hydrogen-bond acceptors (Lipinski definition) is 2. The molecule has 0 aliphatic carbocycles. The third kappa shape index (κ3) is 5.80. The van der Waals surface area contributed by atoms with Gasteiger partial charge in [-0.2, -0.15) is 0 Å². The molecule has 3 rings (SSSR count). The first-order valence-corrected chi connectivity index (χ1v) is 10.5. The summed E-state index contributed by atoms with van der Waals surface area (Å²) in [6, 6.07) is 24.1. The van der Waals surface area contributed by atoms with Gasteiger partial charge in [0.1, 0.15) is 5.75 Å². The zero-order chi connectivity index (χ0) is 20.6. The lowest BCUT2D eigenvalue weighted by Gasteiger charge is -2.18. The molecule has 3 aromatic carbocycles. The van der Waals surface area contributed by atoms with Crippen LogP contribution in [-0.4, -0.2) is 11.9 Å². The summed E-state index contributed by atoms with van der Waals surface area (Å²) < 4.78 is 6.23. The van der Waals surface area contributed by atoms with Gasteiger partial charge in [-0.25, -0.2) is 0 Å². The summed E-state index contributed by atoms with van der Waals surface area (Å²) in [5, 5.41) is 0. The van der Waals surface area contributed by atoms with Gasteiger partial charge in [0.05, 0.1) is 11.7 Å². The number of carbonyl (C=O) groups is 1. The number of ketones is 1. The monoisotopic (exact) mass is 386 g/mol. The Balaban J connectivity index is 1.68. The Bertz CT molecular complexity index is 944. The minimum absolute atomic E-state index is 0.0165. The van der Waals surface area contributed by atoms with E-state index in [1.165, 1.54) is 11.1 Å². The average molecular weight is 387 g/mol. The predicted molar refractivity (Wildman–Crippen MR) is 120 cm³/mol. The van der Waals surface area contributed by atoms with Gasteiger partial charge in [0.15, 0.2) is 5.78 Å². The molecular weight excluding hydrogens is 356 g/mol. The van der Waals surface area contributed by atoms with Crippen molar-refractivity contribution in [2.24, 2.45) is 0 Å². The fourth-order valence-corrected chi connectivity index (χ4v) is 3.56. The first-order chi connectivity index (χ1) is 14.1. The van der Waals surface area contributed by atoms with Crippen molar-refractivity contribution in [2.75, 3.05) is 0 Å². The van der Waals surface area contributed by atoms with Crippen molar-refractivity contribution in [3.05, 3.63) is 101 Å². The summed E-state index contributed by atoms with van der Waals surface area (Å²) >= 11 is 0. The normalized spacial score (nSPS) is 11.8. The highest BCUT2D eigenvalue weighted by Crippen LogP contribution is 2.26. The van der Waals surface area contributed by atoms with E-state index in [1.807, 2.05) is 42.5 Å². The van der Waals surface area contributed by atoms with E-state index in [1.54, 1.807) is 0 Å². The molecule has 150 valence electrons.